The predicted molar refractivity (Wildman–Crippen MR) is 101 cm³/mol. The summed E-state index contributed by atoms with van der Waals surface area (Å²) in [6.45, 7) is 1.19. The zero-order valence-electron chi connectivity index (χ0n) is 16.3. The summed E-state index contributed by atoms with van der Waals surface area (Å²) in [5, 5.41) is 21.9. The fourth-order valence-electron chi connectivity index (χ4n) is 3.71. The molecule has 18 heteroatoms. The molecule has 2 unspecified atom stereocenters. The van der Waals surface area contributed by atoms with E-state index in [1.165, 1.54) is 17.8 Å². The molecule has 0 aromatic carbocycles. The maximum Gasteiger partial charge on any atom is 0.481 e. The topological polar surface area (TPSA) is 236 Å². The second-order valence-corrected chi connectivity index (χ2v) is 10.4. The zero-order chi connectivity index (χ0) is 23.1. The van der Waals surface area contributed by atoms with Gasteiger partial charge in [-0.15, -0.1) is 0 Å². The van der Waals surface area contributed by atoms with Crippen LogP contribution in [0.3, 0.4) is 0 Å². The van der Waals surface area contributed by atoms with Crippen molar-refractivity contribution < 1.29 is 47.6 Å². The summed E-state index contributed by atoms with van der Waals surface area (Å²) in [5.41, 5.74) is 1.98. The Morgan fingerprint density at radius 3 is 2.42 bits per heavy atom. The number of aliphatic hydroxyl groups is 2. The number of nitrogen functional groups attached to an aromatic ring is 1. The molecule has 2 aliphatic rings. The third kappa shape index (κ3) is 3.45. The Kier molecular flexibility index (Phi) is 4.82. The van der Waals surface area contributed by atoms with Crippen molar-refractivity contribution in [3.05, 3.63) is 6.33 Å². The Hall–Kier alpha value is -1.71. The number of ether oxygens (including phenoxy) is 1. The molecule has 1 aliphatic carbocycles. The van der Waals surface area contributed by atoms with Crippen LogP contribution in [0.2, 0.25) is 0 Å². The van der Waals surface area contributed by atoms with Crippen LogP contribution in [0.1, 0.15) is 13.2 Å². The zero-order valence-corrected chi connectivity index (χ0v) is 18.1. The number of fused-ring (bicyclic) bond motifs is 2. The molecule has 31 heavy (non-hydrogen) atoms. The normalized spacial score (nSPS) is 34.5. The second kappa shape index (κ2) is 6.65. The van der Waals surface area contributed by atoms with Gasteiger partial charge in [0.2, 0.25) is 5.95 Å². The Bertz CT molecular complexity index is 1150. The van der Waals surface area contributed by atoms with Gasteiger partial charge < -0.3 is 40.3 Å². The Morgan fingerprint density at radius 2 is 1.90 bits per heavy atom. The van der Waals surface area contributed by atoms with Gasteiger partial charge in [0.15, 0.2) is 28.8 Å². The Morgan fingerprint density at radius 1 is 1.26 bits per heavy atom. The van der Waals surface area contributed by atoms with Crippen LogP contribution in [0.4, 0.5) is 11.8 Å². The van der Waals surface area contributed by atoms with E-state index in [0.29, 0.717) is 11.3 Å². The number of phosphoric acid groups is 2. The minimum absolute atomic E-state index is 0.0727. The third-order valence-corrected chi connectivity index (χ3v) is 7.32. The Balaban J connectivity index is 1.64. The van der Waals surface area contributed by atoms with Gasteiger partial charge in [-0.05, 0) is 6.92 Å². The van der Waals surface area contributed by atoms with Crippen molar-refractivity contribution in [2.75, 3.05) is 24.7 Å². The fraction of sp³-hybridized carbons (Fsp3) is 0.615. The molecule has 4 rings (SSSR count). The van der Waals surface area contributed by atoms with Crippen molar-refractivity contribution in [2.45, 2.75) is 36.6 Å². The molecule has 0 bridgehead atoms. The number of imidazole rings is 1. The molecule has 1 aliphatic heterocycles. The molecule has 7 N–H and O–H groups in total. The molecular formula is C13H20N6O10P2. The molecule has 2 aromatic rings. The predicted octanol–water partition coefficient (Wildman–Crippen LogP) is -1.54. The van der Waals surface area contributed by atoms with Gasteiger partial charge in [0.25, 0.3) is 0 Å². The average Bonchev–Trinajstić information content (AvgIpc) is 2.88. The van der Waals surface area contributed by atoms with Gasteiger partial charge in [0.1, 0.15) is 17.8 Å². The van der Waals surface area contributed by atoms with Crippen LogP contribution < -0.4 is 10.6 Å². The van der Waals surface area contributed by atoms with Crippen LogP contribution in [-0.2, 0) is 22.7 Å². The SMILES string of the molecule is CN(C)c1nc(N)nc2c1ncn2[C@@H]1O[C@@H]2C(OP(=O)(O)OP(=O)(O)O)[C@]2(O)[C@@]1(C)O. The summed E-state index contributed by atoms with van der Waals surface area (Å²) in [5.74, 6) is 0.330. The molecule has 0 amide bonds. The first kappa shape index (κ1) is 22.5. The molecule has 0 radical (unpaired) electrons. The maximum atomic E-state index is 11.8. The standard InChI is InChI=1S/C13H20N6O10P2/c1-12(20)10(19-4-15-5-8(18(2)3)16-11(14)17-9(5)19)27-6-7(13(6,12)21)28-31(25,26)29-30(22,23)24/h4,6-7,10,20-21H,1-3H3,(H,25,26)(H2,14,16,17)(H2,22,23,24)/t6-,7?,10-,12+,13+/m1/s1. The van der Waals surface area contributed by atoms with Gasteiger partial charge in [-0.1, -0.05) is 0 Å². The van der Waals surface area contributed by atoms with Crippen molar-refractivity contribution >= 4 is 38.6 Å². The average molecular weight is 482 g/mol. The lowest BCUT2D eigenvalue weighted by atomic mass is 9.95. The van der Waals surface area contributed by atoms with E-state index in [4.69, 9.17) is 20.3 Å². The van der Waals surface area contributed by atoms with E-state index in [1.54, 1.807) is 19.0 Å². The molecular weight excluding hydrogens is 462 g/mol. The molecule has 1 saturated carbocycles. The lowest BCUT2D eigenvalue weighted by molar-refractivity contribution is -0.155. The van der Waals surface area contributed by atoms with Crippen molar-refractivity contribution in [3.8, 4) is 0 Å². The van der Waals surface area contributed by atoms with E-state index < -0.39 is 45.3 Å². The highest BCUT2D eigenvalue weighted by molar-refractivity contribution is 7.60. The fourth-order valence-corrected chi connectivity index (χ4v) is 5.49. The van der Waals surface area contributed by atoms with Gasteiger partial charge in [0.05, 0.1) is 6.33 Å². The number of hydrogen-bond acceptors (Lipinski definition) is 12. The molecule has 16 nitrogen and oxygen atoms in total. The number of phosphoric ester groups is 1. The number of rotatable bonds is 6. The summed E-state index contributed by atoms with van der Waals surface area (Å²) in [7, 11) is -7.21. The van der Waals surface area contributed by atoms with E-state index in [9.17, 15) is 24.2 Å². The lowest BCUT2D eigenvalue weighted by Crippen LogP contribution is -2.48. The van der Waals surface area contributed by atoms with Crippen LogP contribution in [0.15, 0.2) is 6.33 Å². The van der Waals surface area contributed by atoms with Gasteiger partial charge in [-0.3, -0.25) is 9.09 Å². The number of anilines is 2. The first-order valence-corrected chi connectivity index (χ1v) is 11.7. The maximum absolute atomic E-state index is 11.8. The van der Waals surface area contributed by atoms with Crippen molar-refractivity contribution in [1.29, 1.82) is 0 Å². The summed E-state index contributed by atoms with van der Waals surface area (Å²) >= 11 is 0. The van der Waals surface area contributed by atoms with Crippen LogP contribution in [0, 0.1) is 0 Å². The molecule has 2 fully saturated rings. The third-order valence-electron chi connectivity index (χ3n) is 5.15. The summed E-state index contributed by atoms with van der Waals surface area (Å²) in [4.78, 5) is 41.0. The summed E-state index contributed by atoms with van der Waals surface area (Å²) in [6.07, 6.45) is -2.90. The van der Waals surface area contributed by atoms with Crippen molar-refractivity contribution in [1.82, 2.24) is 19.5 Å². The minimum atomic E-state index is -5.36. The molecule has 1 saturated heterocycles. The molecule has 2 aromatic heterocycles. The van der Waals surface area contributed by atoms with E-state index in [0.717, 1.165) is 0 Å². The molecule has 6 atom stereocenters. The van der Waals surface area contributed by atoms with E-state index in [2.05, 4.69) is 23.8 Å². The van der Waals surface area contributed by atoms with Gasteiger partial charge in [-0.25, -0.2) is 14.1 Å². The number of aromatic nitrogens is 4. The molecule has 172 valence electrons. The first-order chi connectivity index (χ1) is 14.1. The number of nitrogens with two attached hydrogens (primary N) is 1. The van der Waals surface area contributed by atoms with E-state index in [1.807, 2.05) is 0 Å². The van der Waals surface area contributed by atoms with E-state index >= 15 is 0 Å². The highest BCUT2D eigenvalue weighted by Gasteiger charge is 2.84. The highest BCUT2D eigenvalue weighted by Crippen LogP contribution is 2.67. The van der Waals surface area contributed by atoms with Gasteiger partial charge >= 0.3 is 15.6 Å². The number of hydrogen-bond donors (Lipinski definition) is 6. The van der Waals surface area contributed by atoms with Crippen molar-refractivity contribution in [3.63, 3.8) is 0 Å². The van der Waals surface area contributed by atoms with Gasteiger partial charge in [0, 0.05) is 14.1 Å². The Labute approximate surface area is 174 Å². The summed E-state index contributed by atoms with van der Waals surface area (Å²) < 4.78 is 37.9. The van der Waals surface area contributed by atoms with Gasteiger partial charge in [-0.2, -0.15) is 14.3 Å². The quantitative estimate of drug-likeness (QED) is 0.256. The van der Waals surface area contributed by atoms with Crippen LogP contribution in [0.25, 0.3) is 11.2 Å². The van der Waals surface area contributed by atoms with E-state index in [-0.39, 0.29) is 11.6 Å². The molecule has 0 spiro atoms. The monoisotopic (exact) mass is 482 g/mol. The van der Waals surface area contributed by atoms with Crippen LogP contribution >= 0.6 is 15.6 Å². The lowest BCUT2D eigenvalue weighted by Gasteiger charge is -2.33. The minimum Gasteiger partial charge on any atom is -0.382 e. The first-order valence-electron chi connectivity index (χ1n) is 8.64. The largest absolute Gasteiger partial charge is 0.481 e. The van der Waals surface area contributed by atoms with Crippen LogP contribution in [-0.4, -0.2) is 81.9 Å². The van der Waals surface area contributed by atoms with Crippen LogP contribution in [0.5, 0.6) is 0 Å². The smallest absolute Gasteiger partial charge is 0.382 e. The summed E-state index contributed by atoms with van der Waals surface area (Å²) in [6, 6.07) is 0. The highest BCUT2D eigenvalue weighted by atomic mass is 31.3. The molecule has 3 heterocycles. The second-order valence-electron chi connectivity index (χ2n) is 7.57. The number of nitrogens with zero attached hydrogens (tertiary/aromatic N) is 5. The van der Waals surface area contributed by atoms with Crippen molar-refractivity contribution in [2.24, 2.45) is 0 Å².